The molecule has 0 spiro atoms. The minimum Gasteiger partial charge on any atom is -0.327 e. The van der Waals surface area contributed by atoms with Crippen molar-refractivity contribution in [2.24, 2.45) is 5.73 Å². The van der Waals surface area contributed by atoms with E-state index in [0.717, 1.165) is 18.6 Å². The molecule has 0 aromatic heterocycles. The zero-order chi connectivity index (χ0) is 14.5. The van der Waals surface area contributed by atoms with Gasteiger partial charge in [-0.3, -0.25) is 0 Å². The van der Waals surface area contributed by atoms with Crippen molar-refractivity contribution >= 4 is 0 Å². The number of hydrogen-bond donors (Lipinski definition) is 1. The van der Waals surface area contributed by atoms with Gasteiger partial charge in [0, 0.05) is 12.1 Å². The van der Waals surface area contributed by atoms with Crippen molar-refractivity contribution in [3.63, 3.8) is 0 Å². The molecule has 0 aliphatic rings. The summed E-state index contributed by atoms with van der Waals surface area (Å²) in [6, 6.07) is 0. The van der Waals surface area contributed by atoms with Gasteiger partial charge in [-0.25, -0.2) is 0 Å². The third kappa shape index (κ3) is 17.4. The van der Waals surface area contributed by atoms with Crippen LogP contribution in [0.15, 0.2) is 23.3 Å². The second kappa shape index (κ2) is 12.9. The predicted molar refractivity (Wildman–Crippen MR) is 68.5 cm³/mol. The summed E-state index contributed by atoms with van der Waals surface area (Å²) in [4.78, 5) is 0. The first kappa shape index (κ1) is 21.1. The number of alkyl halides is 3. The Hall–Kier alpha value is -1.21. The summed E-state index contributed by atoms with van der Waals surface area (Å²) in [7, 11) is 0. The summed E-state index contributed by atoms with van der Waals surface area (Å²) in [5.74, 6) is 2.25. The quantitative estimate of drug-likeness (QED) is 0.579. The molecule has 0 saturated heterocycles. The Bertz CT molecular complexity index is 267. The van der Waals surface area contributed by atoms with Gasteiger partial charge >= 0.3 is 6.18 Å². The average Bonchev–Trinajstić information content (AvgIpc) is 2.27. The Kier molecular flexibility index (Phi) is 16.0. The normalized spacial score (nSPS) is 11.5. The Morgan fingerprint density at radius 2 is 1.59 bits per heavy atom. The van der Waals surface area contributed by atoms with E-state index in [1.165, 1.54) is 6.08 Å². The van der Waals surface area contributed by atoms with Crippen molar-refractivity contribution in [3.8, 4) is 12.3 Å². The van der Waals surface area contributed by atoms with Gasteiger partial charge in [-0.05, 0) is 20.8 Å². The molecule has 4 heteroatoms. The molecule has 0 aromatic rings. The fourth-order valence-electron chi connectivity index (χ4n) is 0.430. The maximum atomic E-state index is 11.9. The van der Waals surface area contributed by atoms with Gasteiger partial charge in [-0.1, -0.05) is 31.6 Å². The molecule has 2 N–H and O–H groups in total. The smallest absolute Gasteiger partial charge is 0.327 e. The van der Waals surface area contributed by atoms with E-state index in [1.807, 2.05) is 13.8 Å². The minimum atomic E-state index is -4.23. The molecule has 0 atom stereocenters. The molecular formula is C13H22F3N. The second-order valence-electron chi connectivity index (χ2n) is 2.85. The molecule has 0 aliphatic heterocycles. The van der Waals surface area contributed by atoms with Crippen LogP contribution in [-0.2, 0) is 0 Å². The van der Waals surface area contributed by atoms with E-state index >= 15 is 0 Å². The zero-order valence-electron chi connectivity index (χ0n) is 11.2. The molecule has 0 bridgehead atoms. The van der Waals surface area contributed by atoms with E-state index in [-0.39, 0.29) is 6.54 Å². The third-order valence-electron chi connectivity index (χ3n) is 1.39. The maximum Gasteiger partial charge on any atom is 0.412 e. The molecule has 0 aliphatic carbocycles. The Labute approximate surface area is 103 Å². The predicted octanol–water partition coefficient (Wildman–Crippen LogP) is 4.07. The van der Waals surface area contributed by atoms with Crippen LogP contribution < -0.4 is 5.73 Å². The standard InChI is InChI=1S/C8H12F3N.C3H4.C2H6/c1-6(5-12)3-4-7(2)8(9,10)11;1-3-2;1-2/h3-4H,5,12H2,1-2H3;1H,2H3;1-2H3/b6-3-,7-4+;;. The number of allylic oxidation sites excluding steroid dienone is 3. The minimum absolute atomic E-state index is 0.279. The Morgan fingerprint density at radius 3 is 1.82 bits per heavy atom. The molecule has 0 rings (SSSR count). The Morgan fingerprint density at radius 1 is 1.24 bits per heavy atom. The number of hydrogen-bond acceptors (Lipinski definition) is 1. The van der Waals surface area contributed by atoms with Gasteiger partial charge in [0.05, 0.1) is 0 Å². The van der Waals surface area contributed by atoms with Crippen molar-refractivity contribution in [1.82, 2.24) is 0 Å². The number of nitrogens with two attached hydrogens (primary N) is 1. The maximum absolute atomic E-state index is 11.9. The van der Waals surface area contributed by atoms with Gasteiger partial charge in [0.15, 0.2) is 0 Å². The lowest BCUT2D eigenvalue weighted by molar-refractivity contribution is -0.0912. The molecule has 0 saturated carbocycles. The lowest BCUT2D eigenvalue weighted by atomic mass is 10.2. The third-order valence-corrected chi connectivity index (χ3v) is 1.39. The number of halogens is 3. The first-order chi connectivity index (χ1) is 7.79. The molecule has 100 valence electrons. The molecule has 0 heterocycles. The molecule has 17 heavy (non-hydrogen) atoms. The summed E-state index contributed by atoms with van der Waals surface area (Å²) in [6.07, 6.45) is 2.77. The van der Waals surface area contributed by atoms with E-state index < -0.39 is 11.7 Å². The highest BCUT2D eigenvalue weighted by atomic mass is 19.4. The van der Waals surface area contributed by atoms with Crippen LogP contribution in [0.3, 0.4) is 0 Å². The summed E-state index contributed by atoms with van der Waals surface area (Å²) in [5.41, 5.74) is 5.29. The molecule has 0 unspecified atom stereocenters. The highest BCUT2D eigenvalue weighted by molar-refractivity contribution is 5.18. The number of terminal acetylenes is 1. The summed E-state index contributed by atoms with van der Waals surface area (Å²) >= 11 is 0. The molecule has 0 aromatic carbocycles. The van der Waals surface area contributed by atoms with Crippen molar-refractivity contribution in [1.29, 1.82) is 0 Å². The monoisotopic (exact) mass is 249 g/mol. The van der Waals surface area contributed by atoms with Crippen LogP contribution in [0, 0.1) is 12.3 Å². The number of rotatable bonds is 2. The SMILES string of the molecule is C#CC.C/C(=C/C=C(\C)C(F)(F)F)CN.CC. The zero-order valence-corrected chi connectivity index (χ0v) is 11.2. The summed E-state index contributed by atoms with van der Waals surface area (Å²) in [6.45, 7) is 8.64. The van der Waals surface area contributed by atoms with Crippen LogP contribution in [0.4, 0.5) is 13.2 Å². The first-order valence-electron chi connectivity index (χ1n) is 5.28. The van der Waals surface area contributed by atoms with Crippen LogP contribution >= 0.6 is 0 Å². The van der Waals surface area contributed by atoms with Crippen LogP contribution in [0.1, 0.15) is 34.6 Å². The molecule has 0 amide bonds. The fraction of sp³-hybridized carbons (Fsp3) is 0.538. The average molecular weight is 249 g/mol. The van der Waals surface area contributed by atoms with Crippen molar-refractivity contribution < 1.29 is 13.2 Å². The highest BCUT2D eigenvalue weighted by Crippen LogP contribution is 2.24. The van der Waals surface area contributed by atoms with Crippen LogP contribution in [0.5, 0.6) is 0 Å². The molecule has 1 nitrogen and oxygen atoms in total. The van der Waals surface area contributed by atoms with E-state index in [9.17, 15) is 13.2 Å². The van der Waals surface area contributed by atoms with E-state index in [2.05, 4.69) is 12.3 Å². The lowest BCUT2D eigenvalue weighted by Crippen LogP contribution is -2.08. The van der Waals surface area contributed by atoms with Gasteiger partial charge in [0.1, 0.15) is 0 Å². The topological polar surface area (TPSA) is 26.0 Å². The second-order valence-corrected chi connectivity index (χ2v) is 2.85. The first-order valence-corrected chi connectivity index (χ1v) is 5.28. The largest absolute Gasteiger partial charge is 0.412 e. The van der Waals surface area contributed by atoms with Crippen molar-refractivity contribution in [2.45, 2.75) is 40.8 Å². The van der Waals surface area contributed by atoms with Crippen LogP contribution in [-0.4, -0.2) is 12.7 Å². The van der Waals surface area contributed by atoms with Gasteiger partial charge in [0.25, 0.3) is 0 Å². The molecule has 0 radical (unpaired) electrons. The summed E-state index contributed by atoms with van der Waals surface area (Å²) < 4.78 is 35.6. The van der Waals surface area contributed by atoms with E-state index in [4.69, 9.17) is 5.73 Å². The van der Waals surface area contributed by atoms with Gasteiger partial charge in [-0.15, -0.1) is 12.3 Å². The van der Waals surface area contributed by atoms with Crippen molar-refractivity contribution in [2.75, 3.05) is 6.54 Å². The lowest BCUT2D eigenvalue weighted by Gasteiger charge is -2.04. The van der Waals surface area contributed by atoms with E-state index in [1.54, 1.807) is 13.8 Å². The van der Waals surface area contributed by atoms with Crippen molar-refractivity contribution in [3.05, 3.63) is 23.3 Å². The van der Waals surface area contributed by atoms with Crippen LogP contribution in [0.25, 0.3) is 0 Å². The van der Waals surface area contributed by atoms with Crippen LogP contribution in [0.2, 0.25) is 0 Å². The Balaban J connectivity index is -0.000000337. The highest BCUT2D eigenvalue weighted by Gasteiger charge is 2.29. The molecular weight excluding hydrogens is 227 g/mol. The van der Waals surface area contributed by atoms with Gasteiger partial charge in [-0.2, -0.15) is 13.2 Å². The van der Waals surface area contributed by atoms with Gasteiger partial charge < -0.3 is 5.73 Å². The summed E-state index contributed by atoms with van der Waals surface area (Å²) in [5, 5.41) is 0. The van der Waals surface area contributed by atoms with Gasteiger partial charge in [0.2, 0.25) is 0 Å². The van der Waals surface area contributed by atoms with E-state index in [0.29, 0.717) is 0 Å². The molecule has 0 fully saturated rings. The fourth-order valence-corrected chi connectivity index (χ4v) is 0.430.